The van der Waals surface area contributed by atoms with Gasteiger partial charge in [0, 0.05) is 18.0 Å². The summed E-state index contributed by atoms with van der Waals surface area (Å²) in [5.74, 6) is 2.39. The number of pyridine rings is 1. The minimum Gasteiger partial charge on any atom is -0.379 e. The third-order valence-electron chi connectivity index (χ3n) is 2.73. The largest absolute Gasteiger partial charge is 0.379 e. The maximum Gasteiger partial charge on any atom is 0.152 e. The Morgan fingerprint density at radius 2 is 2.38 bits per heavy atom. The SMILES string of the molecule is CC1(C)CSCC(Nc2cccnc2Cl)C1. The van der Waals surface area contributed by atoms with Gasteiger partial charge in [-0.05, 0) is 29.7 Å². The van der Waals surface area contributed by atoms with E-state index in [4.69, 9.17) is 11.6 Å². The third-order valence-corrected chi connectivity index (χ3v) is 4.65. The topological polar surface area (TPSA) is 24.9 Å². The summed E-state index contributed by atoms with van der Waals surface area (Å²) in [5.41, 5.74) is 1.36. The lowest BCUT2D eigenvalue weighted by atomic mass is 9.88. The molecule has 0 spiro atoms. The molecule has 2 heterocycles. The molecule has 0 aliphatic carbocycles. The van der Waals surface area contributed by atoms with Crippen LogP contribution >= 0.6 is 23.4 Å². The Morgan fingerprint density at radius 1 is 1.56 bits per heavy atom. The molecule has 1 unspecified atom stereocenters. The molecular weight excluding hydrogens is 240 g/mol. The van der Waals surface area contributed by atoms with Crippen molar-refractivity contribution in [1.29, 1.82) is 0 Å². The van der Waals surface area contributed by atoms with Gasteiger partial charge in [0.25, 0.3) is 0 Å². The number of halogens is 1. The Morgan fingerprint density at radius 3 is 3.06 bits per heavy atom. The number of hydrogen-bond acceptors (Lipinski definition) is 3. The lowest BCUT2D eigenvalue weighted by Crippen LogP contribution is -2.35. The molecule has 1 aromatic heterocycles. The van der Waals surface area contributed by atoms with Crippen LogP contribution in [0.25, 0.3) is 0 Å². The molecule has 4 heteroatoms. The highest BCUT2D eigenvalue weighted by Gasteiger charge is 2.28. The second kappa shape index (κ2) is 4.84. The molecule has 1 atom stereocenters. The van der Waals surface area contributed by atoms with Crippen molar-refractivity contribution < 1.29 is 0 Å². The van der Waals surface area contributed by atoms with Gasteiger partial charge in [0.2, 0.25) is 0 Å². The van der Waals surface area contributed by atoms with E-state index in [0.717, 1.165) is 11.4 Å². The molecule has 0 bridgehead atoms. The Bertz CT molecular complexity index is 368. The van der Waals surface area contributed by atoms with Crippen molar-refractivity contribution in [3.8, 4) is 0 Å². The van der Waals surface area contributed by atoms with Gasteiger partial charge in [-0.3, -0.25) is 0 Å². The highest BCUT2D eigenvalue weighted by molar-refractivity contribution is 7.99. The van der Waals surface area contributed by atoms with Gasteiger partial charge in [0.15, 0.2) is 5.15 Å². The van der Waals surface area contributed by atoms with E-state index in [1.165, 1.54) is 12.2 Å². The van der Waals surface area contributed by atoms with E-state index in [0.29, 0.717) is 16.6 Å². The van der Waals surface area contributed by atoms with E-state index in [1.54, 1.807) is 6.20 Å². The van der Waals surface area contributed by atoms with Gasteiger partial charge in [-0.15, -0.1) is 0 Å². The van der Waals surface area contributed by atoms with Gasteiger partial charge in [-0.1, -0.05) is 25.4 Å². The highest BCUT2D eigenvalue weighted by Crippen LogP contribution is 2.35. The molecule has 1 aliphatic heterocycles. The highest BCUT2D eigenvalue weighted by atomic mass is 35.5. The number of aromatic nitrogens is 1. The normalized spacial score (nSPS) is 24.1. The fourth-order valence-electron chi connectivity index (χ4n) is 2.07. The second-order valence-corrected chi connectivity index (χ2v) is 6.45. The van der Waals surface area contributed by atoms with Crippen molar-refractivity contribution >= 4 is 29.1 Å². The maximum atomic E-state index is 6.03. The van der Waals surface area contributed by atoms with Crippen LogP contribution in [0.5, 0.6) is 0 Å². The summed E-state index contributed by atoms with van der Waals surface area (Å²) in [4.78, 5) is 4.08. The predicted octanol–water partition coefficient (Wildman–Crippen LogP) is 3.68. The van der Waals surface area contributed by atoms with E-state index in [2.05, 4.69) is 24.1 Å². The van der Waals surface area contributed by atoms with Crippen LogP contribution in [0.2, 0.25) is 5.15 Å². The molecule has 2 nitrogen and oxygen atoms in total. The first-order chi connectivity index (χ1) is 7.57. The fourth-order valence-corrected chi connectivity index (χ4v) is 3.52. The summed E-state index contributed by atoms with van der Waals surface area (Å²) >= 11 is 8.04. The van der Waals surface area contributed by atoms with E-state index in [-0.39, 0.29) is 0 Å². The molecule has 1 saturated heterocycles. The summed E-state index contributed by atoms with van der Waals surface area (Å²) in [7, 11) is 0. The lowest BCUT2D eigenvalue weighted by Gasteiger charge is -2.35. The van der Waals surface area contributed by atoms with Crippen LogP contribution in [0.15, 0.2) is 18.3 Å². The van der Waals surface area contributed by atoms with Crippen LogP contribution in [0.1, 0.15) is 20.3 Å². The van der Waals surface area contributed by atoms with Crippen LogP contribution < -0.4 is 5.32 Å². The molecule has 0 radical (unpaired) electrons. The number of rotatable bonds is 2. The Kier molecular flexibility index (Phi) is 3.65. The van der Waals surface area contributed by atoms with E-state index in [1.807, 2.05) is 23.9 Å². The first kappa shape index (κ1) is 12.1. The number of anilines is 1. The van der Waals surface area contributed by atoms with E-state index in [9.17, 15) is 0 Å². The predicted molar refractivity (Wildman–Crippen MR) is 72.4 cm³/mol. The zero-order valence-electron chi connectivity index (χ0n) is 9.66. The molecule has 16 heavy (non-hydrogen) atoms. The van der Waals surface area contributed by atoms with Gasteiger partial charge < -0.3 is 5.32 Å². The zero-order valence-corrected chi connectivity index (χ0v) is 11.2. The van der Waals surface area contributed by atoms with Crippen LogP contribution in [0.3, 0.4) is 0 Å². The maximum absolute atomic E-state index is 6.03. The molecule has 1 N–H and O–H groups in total. The fraction of sp³-hybridized carbons (Fsp3) is 0.583. The number of nitrogens with zero attached hydrogens (tertiary/aromatic N) is 1. The molecule has 1 fully saturated rings. The van der Waals surface area contributed by atoms with Gasteiger partial charge in [0.05, 0.1) is 5.69 Å². The zero-order chi connectivity index (χ0) is 11.6. The van der Waals surface area contributed by atoms with Crippen molar-refractivity contribution in [3.63, 3.8) is 0 Å². The number of nitrogens with one attached hydrogen (secondary N) is 1. The number of thioether (sulfide) groups is 1. The van der Waals surface area contributed by atoms with Crippen molar-refractivity contribution in [2.45, 2.75) is 26.3 Å². The van der Waals surface area contributed by atoms with Gasteiger partial charge in [-0.25, -0.2) is 4.98 Å². The molecular formula is C12H17ClN2S. The quantitative estimate of drug-likeness (QED) is 0.818. The van der Waals surface area contributed by atoms with E-state index < -0.39 is 0 Å². The molecule has 1 aliphatic rings. The van der Waals surface area contributed by atoms with Crippen LogP contribution in [-0.4, -0.2) is 22.5 Å². The lowest BCUT2D eigenvalue weighted by molar-refractivity contribution is 0.358. The van der Waals surface area contributed by atoms with Crippen molar-refractivity contribution in [3.05, 3.63) is 23.5 Å². The van der Waals surface area contributed by atoms with Crippen LogP contribution in [0, 0.1) is 5.41 Å². The summed E-state index contributed by atoms with van der Waals surface area (Å²) in [6, 6.07) is 4.40. The molecule has 2 rings (SSSR count). The van der Waals surface area contributed by atoms with E-state index >= 15 is 0 Å². The summed E-state index contributed by atoms with van der Waals surface area (Å²) in [6.07, 6.45) is 2.90. The van der Waals surface area contributed by atoms with Crippen molar-refractivity contribution in [1.82, 2.24) is 4.98 Å². The average Bonchev–Trinajstić information content (AvgIpc) is 2.20. The molecule has 1 aromatic rings. The first-order valence-corrected chi connectivity index (χ1v) is 7.05. The molecule has 0 amide bonds. The minimum absolute atomic E-state index is 0.412. The monoisotopic (exact) mass is 256 g/mol. The smallest absolute Gasteiger partial charge is 0.152 e. The summed E-state index contributed by atoms with van der Waals surface area (Å²) in [5, 5.41) is 4.06. The van der Waals surface area contributed by atoms with Gasteiger partial charge >= 0.3 is 0 Å². The standard InChI is InChI=1S/C12H17ClN2S/c1-12(2)6-9(7-16-8-12)15-10-4-3-5-14-11(10)13/h3-5,9,15H,6-8H2,1-2H3. The second-order valence-electron chi connectivity index (χ2n) is 5.07. The first-order valence-electron chi connectivity index (χ1n) is 5.52. The average molecular weight is 257 g/mol. The Balaban J connectivity index is 2.02. The number of hydrogen-bond donors (Lipinski definition) is 1. The molecule has 88 valence electrons. The third kappa shape index (κ3) is 3.05. The molecule has 0 aromatic carbocycles. The van der Waals surface area contributed by atoms with Crippen LogP contribution in [0.4, 0.5) is 5.69 Å². The van der Waals surface area contributed by atoms with Crippen molar-refractivity contribution in [2.75, 3.05) is 16.8 Å². The van der Waals surface area contributed by atoms with Gasteiger partial charge in [-0.2, -0.15) is 11.8 Å². The molecule has 0 saturated carbocycles. The summed E-state index contributed by atoms with van der Waals surface area (Å²) < 4.78 is 0. The van der Waals surface area contributed by atoms with Gasteiger partial charge in [0.1, 0.15) is 0 Å². The minimum atomic E-state index is 0.412. The van der Waals surface area contributed by atoms with Crippen LogP contribution in [-0.2, 0) is 0 Å². The summed E-state index contributed by atoms with van der Waals surface area (Å²) in [6.45, 7) is 4.64. The Hall–Kier alpha value is -0.410. The van der Waals surface area contributed by atoms with Crippen molar-refractivity contribution in [2.24, 2.45) is 5.41 Å². The Labute approximate surface area is 106 Å².